The summed E-state index contributed by atoms with van der Waals surface area (Å²) in [7, 11) is 14.8. The Kier molecular flexibility index (Phi) is 7.29. The second-order valence-corrected chi connectivity index (χ2v) is 9.89. The summed E-state index contributed by atoms with van der Waals surface area (Å²) in [6, 6.07) is 5.81. The number of carboxylic acids is 1. The Hall–Kier alpha value is -0.0166. The van der Waals surface area contributed by atoms with E-state index in [1.807, 2.05) is 0 Å². The van der Waals surface area contributed by atoms with Crippen molar-refractivity contribution < 1.29 is 28.0 Å². The predicted molar refractivity (Wildman–Crippen MR) is 52.6 cm³/mol. The van der Waals surface area contributed by atoms with E-state index in [0.29, 0.717) is 0 Å². The Labute approximate surface area is 98.2 Å². The summed E-state index contributed by atoms with van der Waals surface area (Å²) >= 11 is -1.75. The van der Waals surface area contributed by atoms with Crippen LogP contribution in [-0.2, 0) is 13.0 Å². The number of hydrogen-bond acceptors (Lipinski definition) is 2. The molecular formula is C7H6Cl3O3Ru. The second kappa shape index (κ2) is 7.30. The summed E-state index contributed by atoms with van der Waals surface area (Å²) in [5.41, 5.74) is -0.0671. The zero-order chi connectivity index (χ0) is 11.1. The predicted octanol–water partition coefficient (Wildman–Crippen LogP) is 3.16. The van der Waals surface area contributed by atoms with E-state index in [4.69, 9.17) is 39.3 Å². The van der Waals surface area contributed by atoms with Crippen molar-refractivity contribution in [3.63, 3.8) is 0 Å². The van der Waals surface area contributed by atoms with Gasteiger partial charge in [-0.3, -0.25) is 0 Å². The molecule has 0 aliphatic rings. The maximum atomic E-state index is 10.3. The van der Waals surface area contributed by atoms with Crippen molar-refractivity contribution in [2.45, 2.75) is 0 Å². The average molecular weight is 346 g/mol. The Morgan fingerprint density at radius 2 is 1.64 bits per heavy atom. The molecule has 0 radical (unpaired) electrons. The van der Waals surface area contributed by atoms with Gasteiger partial charge in [0.2, 0.25) is 0 Å². The number of halogens is 3. The summed E-state index contributed by atoms with van der Waals surface area (Å²) in [6.07, 6.45) is 0. The molecule has 2 N–H and O–H groups in total. The molecular weight excluding hydrogens is 340 g/mol. The Balaban J connectivity index is 0.000000364. The Morgan fingerprint density at radius 1 is 1.21 bits per heavy atom. The quantitative estimate of drug-likeness (QED) is 0.769. The van der Waals surface area contributed by atoms with Crippen LogP contribution in [0.15, 0.2) is 24.3 Å². The molecule has 0 spiro atoms. The molecule has 81 valence electrons. The van der Waals surface area contributed by atoms with Crippen molar-refractivity contribution in [2.24, 2.45) is 0 Å². The van der Waals surface area contributed by atoms with Crippen LogP contribution in [0, 0.1) is 0 Å². The Morgan fingerprint density at radius 3 is 1.93 bits per heavy atom. The van der Waals surface area contributed by atoms with Crippen LogP contribution in [0.2, 0.25) is 0 Å². The molecule has 1 rings (SSSR count). The average Bonchev–Trinajstić information content (AvgIpc) is 2.03. The fourth-order valence-electron chi connectivity index (χ4n) is 0.654. The Bertz CT molecular complexity index is 303. The SMILES string of the molecule is O=C(O)c1ccccc1O.[Cl][Ru]([Cl])[Cl]. The van der Waals surface area contributed by atoms with E-state index in [0.717, 1.165) is 0 Å². The van der Waals surface area contributed by atoms with Crippen molar-refractivity contribution in [2.75, 3.05) is 0 Å². The molecule has 7 heteroatoms. The van der Waals surface area contributed by atoms with Crippen LogP contribution in [0.4, 0.5) is 0 Å². The van der Waals surface area contributed by atoms with Gasteiger partial charge in [-0.1, -0.05) is 12.1 Å². The molecule has 1 aromatic rings. The van der Waals surface area contributed by atoms with Gasteiger partial charge in [0.15, 0.2) is 0 Å². The number of carboxylic acid groups (broad SMARTS) is 1. The topological polar surface area (TPSA) is 57.5 Å². The summed E-state index contributed by atoms with van der Waals surface area (Å²) in [5.74, 6) is -1.31. The molecule has 0 atom stereocenters. The number of hydrogen-bond donors (Lipinski definition) is 2. The summed E-state index contributed by atoms with van der Waals surface area (Å²) < 4.78 is 0. The molecule has 0 aromatic heterocycles. The number of carbonyl (C=O) groups is 1. The molecule has 0 aliphatic carbocycles. The third-order valence-electron chi connectivity index (χ3n) is 1.13. The molecule has 0 saturated carbocycles. The molecule has 0 amide bonds. The summed E-state index contributed by atoms with van der Waals surface area (Å²) in [4.78, 5) is 10.3. The summed E-state index contributed by atoms with van der Waals surface area (Å²) in [5, 5.41) is 17.3. The van der Waals surface area contributed by atoms with E-state index >= 15 is 0 Å². The molecule has 0 saturated heterocycles. The molecule has 0 aliphatic heterocycles. The number of benzene rings is 1. The normalized spacial score (nSPS) is 9.79. The van der Waals surface area contributed by atoms with Crippen molar-refractivity contribution in [1.82, 2.24) is 0 Å². The van der Waals surface area contributed by atoms with Gasteiger partial charge in [0.25, 0.3) is 0 Å². The van der Waals surface area contributed by atoms with Crippen LogP contribution in [0.3, 0.4) is 0 Å². The molecule has 3 nitrogen and oxygen atoms in total. The minimum absolute atomic E-state index is 0.0671. The molecule has 14 heavy (non-hydrogen) atoms. The third kappa shape index (κ3) is 6.44. The zero-order valence-electron chi connectivity index (χ0n) is 6.60. The van der Waals surface area contributed by atoms with Crippen molar-refractivity contribution >= 4 is 35.0 Å². The fraction of sp³-hybridized carbons (Fsp3) is 0. The van der Waals surface area contributed by atoms with Gasteiger partial charge in [-0.2, -0.15) is 0 Å². The van der Waals surface area contributed by atoms with Gasteiger partial charge in [-0.05, 0) is 12.1 Å². The first-order valence-corrected chi connectivity index (χ1v) is 9.84. The van der Waals surface area contributed by atoms with Crippen molar-refractivity contribution in [1.29, 1.82) is 0 Å². The van der Waals surface area contributed by atoms with Crippen molar-refractivity contribution in [3.8, 4) is 5.75 Å². The van der Waals surface area contributed by atoms with Gasteiger partial charge in [-0.15, -0.1) is 0 Å². The first kappa shape index (κ1) is 14.0. The van der Waals surface area contributed by atoms with Gasteiger partial charge < -0.3 is 10.2 Å². The molecule has 0 unspecified atom stereocenters. The van der Waals surface area contributed by atoms with Gasteiger partial charge in [-0.25, -0.2) is 4.79 Å². The van der Waals surface area contributed by atoms with Crippen LogP contribution < -0.4 is 0 Å². The second-order valence-electron chi connectivity index (χ2n) is 1.97. The van der Waals surface area contributed by atoms with Crippen LogP contribution in [0.25, 0.3) is 0 Å². The van der Waals surface area contributed by atoms with Crippen LogP contribution >= 0.6 is 29.1 Å². The third-order valence-corrected chi connectivity index (χ3v) is 1.13. The number of para-hydroxylation sites is 1. The van der Waals surface area contributed by atoms with Gasteiger partial charge in [0.05, 0.1) is 0 Å². The molecule has 0 heterocycles. The van der Waals surface area contributed by atoms with Crippen LogP contribution in [0.1, 0.15) is 10.4 Å². The van der Waals surface area contributed by atoms with E-state index in [2.05, 4.69) is 0 Å². The summed E-state index contributed by atoms with van der Waals surface area (Å²) in [6.45, 7) is 0. The van der Waals surface area contributed by atoms with Crippen LogP contribution in [-0.4, -0.2) is 16.2 Å². The maximum absolute atomic E-state index is 10.3. The van der Waals surface area contributed by atoms with E-state index < -0.39 is 18.9 Å². The van der Waals surface area contributed by atoms with E-state index in [9.17, 15) is 4.79 Å². The van der Waals surface area contributed by atoms with Gasteiger partial charge in [0, 0.05) is 0 Å². The number of phenols is 1. The van der Waals surface area contributed by atoms with E-state index in [1.54, 1.807) is 12.1 Å². The monoisotopic (exact) mass is 345 g/mol. The zero-order valence-corrected chi connectivity index (χ0v) is 10.6. The van der Waals surface area contributed by atoms with Gasteiger partial charge in [0.1, 0.15) is 11.3 Å². The van der Waals surface area contributed by atoms with Gasteiger partial charge >= 0.3 is 48.0 Å². The number of aromatic carboxylic acids is 1. The molecule has 1 aromatic carbocycles. The standard InChI is InChI=1S/C7H6O3.3ClH.Ru/c8-6-4-2-1-3-5(6)7(9)10;;;;/h1-4,8H,(H,9,10);3*1H;/q;;;;+3/p-3. The van der Waals surface area contributed by atoms with E-state index in [1.165, 1.54) is 12.1 Å². The number of aromatic hydroxyl groups is 1. The minimum atomic E-state index is -1.75. The fourth-order valence-corrected chi connectivity index (χ4v) is 0.654. The van der Waals surface area contributed by atoms with Crippen LogP contribution in [0.5, 0.6) is 5.75 Å². The van der Waals surface area contributed by atoms with E-state index in [-0.39, 0.29) is 11.3 Å². The number of rotatable bonds is 1. The first-order valence-electron chi connectivity index (χ1n) is 3.13. The first-order chi connectivity index (χ1) is 6.45. The molecule has 0 bridgehead atoms. The molecule has 0 fully saturated rings. The van der Waals surface area contributed by atoms with Crippen molar-refractivity contribution in [3.05, 3.63) is 29.8 Å².